The maximum Gasteiger partial charge on any atom is 0.344 e. The van der Waals surface area contributed by atoms with E-state index < -0.39 is 86.0 Å². The van der Waals surface area contributed by atoms with E-state index in [1.165, 1.54) is 0 Å². The van der Waals surface area contributed by atoms with Gasteiger partial charge in [0.05, 0.1) is 6.26 Å². The monoisotopic (exact) mass is 566 g/mol. The van der Waals surface area contributed by atoms with Crippen molar-refractivity contribution >= 4 is 16.1 Å². The van der Waals surface area contributed by atoms with Crippen molar-refractivity contribution in [3.8, 4) is 0 Å². The summed E-state index contributed by atoms with van der Waals surface area (Å²) in [6, 6.07) is 0. The first-order valence-electron chi connectivity index (χ1n) is 8.47. The first-order valence-corrected chi connectivity index (χ1v) is 10.3. The Morgan fingerprint density at radius 2 is 0.943 bits per heavy atom. The first-order chi connectivity index (χ1) is 15.0. The van der Waals surface area contributed by atoms with E-state index in [1.54, 1.807) is 0 Å². The van der Waals surface area contributed by atoms with Crippen molar-refractivity contribution in [2.24, 2.45) is 0 Å². The Bertz CT molecular complexity index is 1100. The summed E-state index contributed by atoms with van der Waals surface area (Å²) in [5.41, 5.74) is -31.8. The van der Waals surface area contributed by atoms with Gasteiger partial charge in [0.1, 0.15) is 0 Å². The van der Waals surface area contributed by atoms with Crippen molar-refractivity contribution in [3.63, 3.8) is 0 Å². The summed E-state index contributed by atoms with van der Waals surface area (Å²) in [5, 5.41) is 0. The minimum absolute atomic E-state index is 0.300. The van der Waals surface area contributed by atoms with Crippen LogP contribution in [0.1, 0.15) is 6.92 Å². The fourth-order valence-corrected chi connectivity index (χ4v) is 5.39. The van der Waals surface area contributed by atoms with Crippen LogP contribution in [0, 0.1) is 0 Å². The van der Waals surface area contributed by atoms with Gasteiger partial charge >= 0.3 is 58.4 Å². The van der Waals surface area contributed by atoms with Crippen molar-refractivity contribution < 1.29 is 83.6 Å². The molecular formula is C15H8F14O5S. The van der Waals surface area contributed by atoms with Crippen LogP contribution in [0.5, 0.6) is 0 Å². The Labute approximate surface area is 184 Å². The third-order valence-electron chi connectivity index (χ3n) is 6.12. The van der Waals surface area contributed by atoms with Gasteiger partial charge in [-0.25, -0.2) is 17.8 Å². The second-order valence-electron chi connectivity index (χ2n) is 8.08. The molecule has 0 aromatic carbocycles. The topological polar surface area (TPSA) is 69.7 Å². The zero-order valence-electron chi connectivity index (χ0n) is 16.4. The molecule has 0 N–H and O–H groups in total. The number of hydrogen-bond acceptors (Lipinski definition) is 5. The number of halogens is 14. The van der Waals surface area contributed by atoms with Gasteiger partial charge in [-0.3, -0.25) is 0 Å². The van der Waals surface area contributed by atoms with Gasteiger partial charge in [0.15, 0.2) is 0 Å². The Balaban J connectivity index is 2.77. The van der Waals surface area contributed by atoms with Crippen LogP contribution < -0.4 is 0 Å². The van der Waals surface area contributed by atoms with Crippen LogP contribution in [0.4, 0.5) is 61.5 Å². The molecule has 2 atom stereocenters. The van der Waals surface area contributed by atoms with Crippen LogP contribution in [-0.2, 0) is 23.8 Å². The third-order valence-corrected chi connectivity index (χ3v) is 6.67. The highest BCUT2D eigenvalue weighted by Gasteiger charge is 3.24. The van der Waals surface area contributed by atoms with Gasteiger partial charge in [0.25, 0.3) is 15.7 Å². The Hall–Kier alpha value is -1.86. The minimum atomic E-state index is -7.97. The fraction of sp³-hybridized carbons (Fsp3) is 0.800. The number of ether oxygens (including phenoxy) is 1. The maximum absolute atomic E-state index is 15.4. The van der Waals surface area contributed by atoms with Crippen LogP contribution in [-0.4, -0.2) is 78.7 Å². The molecule has 0 amide bonds. The smallest absolute Gasteiger partial charge is 0.344 e. The highest BCUT2D eigenvalue weighted by Crippen LogP contribution is 2.88. The molecule has 4 bridgehead atoms. The van der Waals surface area contributed by atoms with E-state index in [0.29, 0.717) is 6.92 Å². The summed E-state index contributed by atoms with van der Waals surface area (Å²) in [6.45, 7) is 2.83. The molecule has 0 saturated heterocycles. The summed E-state index contributed by atoms with van der Waals surface area (Å²) < 4.78 is 238. The van der Waals surface area contributed by atoms with E-state index in [1.807, 2.05) is 0 Å². The van der Waals surface area contributed by atoms with Crippen molar-refractivity contribution in [2.45, 2.75) is 65.0 Å². The minimum Gasteiger partial charge on any atom is -0.436 e. The molecule has 4 rings (SSSR count). The number of alkyl halides is 14. The van der Waals surface area contributed by atoms with Gasteiger partial charge in [-0.2, -0.15) is 61.1 Å². The average Bonchev–Trinajstić information content (AvgIpc) is 2.63. The molecular weight excluding hydrogens is 558 g/mol. The average molecular weight is 566 g/mol. The van der Waals surface area contributed by atoms with E-state index in [9.17, 15) is 57.1 Å². The molecule has 0 radical (unpaired) electrons. The Morgan fingerprint density at radius 3 is 1.23 bits per heavy atom. The SMILES string of the molecule is C=C(C)C(=O)OC12C(F)(F)C3(F)C(F)(F)C(F)(C1(F)F)C(F)(F)C(OS(C)(=O)=O)(C3(F)F)C2(F)F. The molecule has 4 saturated carbocycles. The quantitative estimate of drug-likeness (QED) is 0.224. The lowest BCUT2D eigenvalue weighted by Crippen LogP contribution is -3.11. The lowest BCUT2D eigenvalue weighted by molar-refractivity contribution is -0.619. The fourth-order valence-electron chi connectivity index (χ4n) is 4.62. The van der Waals surface area contributed by atoms with E-state index >= 15 is 17.6 Å². The first kappa shape index (κ1) is 27.7. The maximum atomic E-state index is 15.4. The van der Waals surface area contributed by atoms with Crippen molar-refractivity contribution in [3.05, 3.63) is 12.2 Å². The molecule has 202 valence electrons. The van der Waals surface area contributed by atoms with Crippen LogP contribution in [0.15, 0.2) is 12.2 Å². The molecule has 5 nitrogen and oxygen atoms in total. The second kappa shape index (κ2) is 5.99. The molecule has 20 heteroatoms. The van der Waals surface area contributed by atoms with Crippen molar-refractivity contribution in [2.75, 3.05) is 6.26 Å². The van der Waals surface area contributed by atoms with Crippen molar-refractivity contribution in [1.82, 2.24) is 0 Å². The van der Waals surface area contributed by atoms with E-state index in [4.69, 9.17) is 0 Å². The zero-order chi connectivity index (χ0) is 28.1. The van der Waals surface area contributed by atoms with Gasteiger partial charge in [-0.15, -0.1) is 0 Å². The lowest BCUT2D eigenvalue weighted by Gasteiger charge is -2.75. The van der Waals surface area contributed by atoms with E-state index in [-0.39, 0.29) is 0 Å². The molecule has 4 aliphatic rings. The molecule has 4 fully saturated rings. The third kappa shape index (κ3) is 1.99. The normalized spacial score (nSPS) is 43.0. The predicted octanol–water partition coefficient (Wildman–Crippen LogP) is 3.83. The summed E-state index contributed by atoms with van der Waals surface area (Å²) in [5.74, 6) is -50.1. The summed E-state index contributed by atoms with van der Waals surface area (Å²) in [7, 11) is -6.40. The van der Waals surface area contributed by atoms with Gasteiger partial charge in [-0.1, -0.05) is 6.58 Å². The van der Waals surface area contributed by atoms with Gasteiger partial charge in [0.2, 0.25) is 0 Å². The van der Waals surface area contributed by atoms with Crippen LogP contribution in [0.2, 0.25) is 0 Å². The Kier molecular flexibility index (Phi) is 4.74. The van der Waals surface area contributed by atoms with Crippen LogP contribution in [0.25, 0.3) is 0 Å². The highest BCUT2D eigenvalue weighted by atomic mass is 32.2. The molecule has 0 spiro atoms. The largest absolute Gasteiger partial charge is 0.436 e. The van der Waals surface area contributed by atoms with Gasteiger partial charge in [-0.05, 0) is 6.92 Å². The second-order valence-corrected chi connectivity index (χ2v) is 9.66. The van der Waals surface area contributed by atoms with Gasteiger partial charge in [0, 0.05) is 5.57 Å². The number of esters is 1. The highest BCUT2D eigenvalue weighted by molar-refractivity contribution is 7.86. The van der Waals surface area contributed by atoms with Gasteiger partial charge < -0.3 is 4.74 Å². The number of carbonyl (C=O) groups is 1. The molecule has 0 aromatic rings. The predicted molar refractivity (Wildman–Crippen MR) is 79.7 cm³/mol. The van der Waals surface area contributed by atoms with E-state index in [2.05, 4.69) is 15.5 Å². The van der Waals surface area contributed by atoms with Crippen molar-refractivity contribution in [1.29, 1.82) is 0 Å². The molecule has 4 aliphatic carbocycles. The van der Waals surface area contributed by atoms with Crippen LogP contribution in [0.3, 0.4) is 0 Å². The lowest BCUT2D eigenvalue weighted by atomic mass is 9.39. The zero-order valence-corrected chi connectivity index (χ0v) is 17.3. The van der Waals surface area contributed by atoms with E-state index in [0.717, 1.165) is 0 Å². The summed E-state index contributed by atoms with van der Waals surface area (Å²) in [6.07, 6.45) is -0.662. The number of carbonyl (C=O) groups excluding carboxylic acids is 1. The number of hydrogen-bond donors (Lipinski definition) is 0. The molecule has 0 heterocycles. The molecule has 0 aliphatic heterocycles. The Morgan fingerprint density at radius 1 is 0.629 bits per heavy atom. The number of rotatable bonds is 4. The summed E-state index contributed by atoms with van der Waals surface area (Å²) in [4.78, 5) is 11.7. The molecule has 0 aromatic heterocycles. The molecule has 35 heavy (non-hydrogen) atoms. The molecule has 2 unspecified atom stereocenters. The standard InChI is InChI=1S/C15H8F14O5S/c1-4(2)5(30)33-8-11(20,21)6(16)10(18,19)7(17,12(8,22)23)14(26,27)9(13(6,24)25,15(8,28)29)34-35(3,31)32/h1H2,2-3H3. The van der Waals surface area contributed by atoms with Crippen LogP contribution >= 0.6 is 0 Å². The summed E-state index contributed by atoms with van der Waals surface area (Å²) >= 11 is 0.